The quantitative estimate of drug-likeness (QED) is 0.136. The van der Waals surface area contributed by atoms with Gasteiger partial charge in [0.25, 0.3) is 0 Å². The smallest absolute Gasteiger partial charge is 0.314 e. The fraction of sp³-hybridized carbons (Fsp3) is 0.923. The largest absolute Gasteiger partial charge is 0.481 e. The first-order valence-electron chi connectivity index (χ1n) is 12.9. The Morgan fingerprint density at radius 1 is 0.552 bits per heavy atom. The number of Topliss-reactive ketones (excluding diaryl/α,β-unsaturated/α-hetero) is 1. The average molecular weight is 411 g/mol. The van der Waals surface area contributed by atoms with Crippen molar-refractivity contribution in [3.8, 4) is 0 Å². The Labute approximate surface area is 181 Å². The monoisotopic (exact) mass is 410 g/mol. The fourth-order valence-corrected chi connectivity index (χ4v) is 4.04. The van der Waals surface area contributed by atoms with Gasteiger partial charge in [0, 0.05) is 6.42 Å². The zero-order valence-corrected chi connectivity index (χ0v) is 19.7. The van der Waals surface area contributed by atoms with E-state index in [0.29, 0.717) is 12.8 Å². The maximum atomic E-state index is 12.3. The second kappa shape index (κ2) is 21.8. The van der Waals surface area contributed by atoms with Crippen molar-refractivity contribution in [1.29, 1.82) is 0 Å². The van der Waals surface area contributed by atoms with Crippen LogP contribution in [0.15, 0.2) is 0 Å². The molecule has 0 saturated carbocycles. The lowest BCUT2D eigenvalue weighted by Gasteiger charge is -2.11. The van der Waals surface area contributed by atoms with Crippen LogP contribution >= 0.6 is 0 Å². The topological polar surface area (TPSA) is 54.4 Å². The molecule has 0 spiro atoms. The van der Waals surface area contributed by atoms with Gasteiger partial charge in [-0.15, -0.1) is 0 Å². The van der Waals surface area contributed by atoms with Crippen LogP contribution in [0.1, 0.15) is 149 Å². The first-order valence-corrected chi connectivity index (χ1v) is 12.9. The van der Waals surface area contributed by atoms with Crippen molar-refractivity contribution >= 4 is 11.8 Å². The Morgan fingerprint density at radius 2 is 0.897 bits per heavy atom. The Balaban J connectivity index is 3.64. The van der Waals surface area contributed by atoms with Gasteiger partial charge in [-0.25, -0.2) is 0 Å². The van der Waals surface area contributed by atoms with E-state index in [1.165, 1.54) is 96.3 Å². The van der Waals surface area contributed by atoms with E-state index in [1.807, 2.05) is 0 Å². The normalized spacial score (nSPS) is 12.2. The summed E-state index contributed by atoms with van der Waals surface area (Å²) in [6.07, 6.45) is 24.3. The van der Waals surface area contributed by atoms with Crippen LogP contribution in [0.5, 0.6) is 0 Å². The third kappa shape index (κ3) is 18.9. The summed E-state index contributed by atoms with van der Waals surface area (Å²) in [5, 5.41) is 9.40. The number of hydrogen-bond donors (Lipinski definition) is 1. The molecule has 0 bridgehead atoms. The van der Waals surface area contributed by atoms with E-state index in [9.17, 15) is 14.7 Å². The molecule has 0 heterocycles. The number of unbranched alkanes of at least 4 members (excludes halogenated alkanes) is 17. The molecular weight excluding hydrogens is 360 g/mol. The molecule has 0 aromatic rings. The van der Waals surface area contributed by atoms with Crippen LogP contribution in [0.3, 0.4) is 0 Å². The summed E-state index contributed by atoms with van der Waals surface area (Å²) in [4.78, 5) is 23.8. The third-order valence-electron chi connectivity index (χ3n) is 6.06. The summed E-state index contributed by atoms with van der Waals surface area (Å²) >= 11 is 0. The summed E-state index contributed by atoms with van der Waals surface area (Å²) in [5.41, 5.74) is 0. The Bertz CT molecular complexity index is 378. The molecule has 1 N–H and O–H groups in total. The van der Waals surface area contributed by atoms with Crippen LogP contribution in [-0.4, -0.2) is 16.9 Å². The second-order valence-corrected chi connectivity index (χ2v) is 8.91. The van der Waals surface area contributed by atoms with Gasteiger partial charge in [0.05, 0.1) is 0 Å². The minimum absolute atomic E-state index is 0.0450. The molecule has 0 rings (SSSR count). The Hall–Kier alpha value is -0.860. The number of carbonyl (C=O) groups is 2. The van der Waals surface area contributed by atoms with Gasteiger partial charge in [-0.3, -0.25) is 9.59 Å². The summed E-state index contributed by atoms with van der Waals surface area (Å²) < 4.78 is 0. The molecular formula is C26H50O3. The zero-order chi connectivity index (χ0) is 21.6. The molecule has 0 aromatic carbocycles. The molecule has 0 amide bonds. The third-order valence-corrected chi connectivity index (χ3v) is 6.06. The second-order valence-electron chi connectivity index (χ2n) is 8.91. The summed E-state index contributed by atoms with van der Waals surface area (Å²) in [6.45, 7) is 4.47. The van der Waals surface area contributed by atoms with E-state index in [2.05, 4.69) is 13.8 Å². The molecule has 29 heavy (non-hydrogen) atoms. The van der Waals surface area contributed by atoms with Crippen molar-refractivity contribution in [2.75, 3.05) is 0 Å². The number of carboxylic acids is 1. The van der Waals surface area contributed by atoms with Gasteiger partial charge in [-0.05, 0) is 12.8 Å². The molecule has 1 unspecified atom stereocenters. The van der Waals surface area contributed by atoms with Gasteiger partial charge in [0.2, 0.25) is 0 Å². The first kappa shape index (κ1) is 28.1. The van der Waals surface area contributed by atoms with E-state index in [1.54, 1.807) is 0 Å². The lowest BCUT2D eigenvalue weighted by atomic mass is 9.93. The van der Waals surface area contributed by atoms with Gasteiger partial charge in [0.15, 0.2) is 0 Å². The molecule has 0 aliphatic carbocycles. The highest BCUT2D eigenvalue weighted by molar-refractivity contribution is 5.98. The molecule has 0 aliphatic rings. The molecule has 3 heteroatoms. The van der Waals surface area contributed by atoms with Crippen molar-refractivity contribution in [3.05, 3.63) is 0 Å². The standard InChI is InChI=1S/C26H50O3/c1-3-5-7-9-11-13-14-15-17-19-21-23-25(27)24(26(28)29)22-20-18-16-12-10-8-6-4-2/h24H,3-23H2,1-2H3,(H,28,29). The minimum atomic E-state index is -0.916. The number of carbonyl (C=O) groups excluding carboxylic acids is 1. The van der Waals surface area contributed by atoms with Crippen LogP contribution in [0.25, 0.3) is 0 Å². The summed E-state index contributed by atoms with van der Waals surface area (Å²) in [7, 11) is 0. The maximum absolute atomic E-state index is 12.3. The van der Waals surface area contributed by atoms with Gasteiger partial charge in [-0.2, -0.15) is 0 Å². The first-order chi connectivity index (χ1) is 14.1. The average Bonchev–Trinajstić information content (AvgIpc) is 2.70. The predicted molar refractivity (Wildman–Crippen MR) is 124 cm³/mol. The highest BCUT2D eigenvalue weighted by Crippen LogP contribution is 2.18. The predicted octanol–water partition coefficient (Wildman–Crippen LogP) is 8.49. The van der Waals surface area contributed by atoms with Gasteiger partial charge >= 0.3 is 5.97 Å². The number of rotatable bonds is 23. The van der Waals surface area contributed by atoms with E-state index in [0.717, 1.165) is 25.7 Å². The van der Waals surface area contributed by atoms with Crippen molar-refractivity contribution in [1.82, 2.24) is 0 Å². The molecule has 0 saturated heterocycles. The van der Waals surface area contributed by atoms with Crippen LogP contribution in [0, 0.1) is 5.92 Å². The van der Waals surface area contributed by atoms with Crippen molar-refractivity contribution in [2.24, 2.45) is 5.92 Å². The molecule has 0 radical (unpaired) electrons. The van der Waals surface area contributed by atoms with E-state index in [4.69, 9.17) is 0 Å². The van der Waals surface area contributed by atoms with Crippen LogP contribution in [-0.2, 0) is 9.59 Å². The van der Waals surface area contributed by atoms with E-state index in [-0.39, 0.29) is 5.78 Å². The highest BCUT2D eigenvalue weighted by atomic mass is 16.4. The lowest BCUT2D eigenvalue weighted by molar-refractivity contribution is -0.146. The van der Waals surface area contributed by atoms with Gasteiger partial charge < -0.3 is 5.11 Å². The van der Waals surface area contributed by atoms with Crippen molar-refractivity contribution in [3.63, 3.8) is 0 Å². The van der Waals surface area contributed by atoms with Crippen LogP contribution < -0.4 is 0 Å². The number of carboxylic acid groups (broad SMARTS) is 1. The SMILES string of the molecule is CCCCCCCCCCCCCC(=O)C(CCCCCCCCCC)C(=O)O. The molecule has 3 nitrogen and oxygen atoms in total. The van der Waals surface area contributed by atoms with Crippen molar-refractivity contribution in [2.45, 2.75) is 149 Å². The van der Waals surface area contributed by atoms with E-state index < -0.39 is 11.9 Å². The van der Waals surface area contributed by atoms with E-state index >= 15 is 0 Å². The van der Waals surface area contributed by atoms with Crippen LogP contribution in [0.2, 0.25) is 0 Å². The maximum Gasteiger partial charge on any atom is 0.314 e. The number of ketones is 1. The zero-order valence-electron chi connectivity index (χ0n) is 19.7. The Kier molecular flexibility index (Phi) is 21.2. The summed E-state index contributed by atoms with van der Waals surface area (Å²) in [6, 6.07) is 0. The minimum Gasteiger partial charge on any atom is -0.481 e. The van der Waals surface area contributed by atoms with Gasteiger partial charge in [-0.1, -0.05) is 129 Å². The molecule has 1 atom stereocenters. The van der Waals surface area contributed by atoms with Crippen LogP contribution in [0.4, 0.5) is 0 Å². The lowest BCUT2D eigenvalue weighted by Crippen LogP contribution is -2.23. The molecule has 0 aromatic heterocycles. The summed E-state index contributed by atoms with van der Waals surface area (Å²) in [5.74, 6) is -1.73. The van der Waals surface area contributed by atoms with Gasteiger partial charge in [0.1, 0.15) is 11.7 Å². The number of aliphatic carboxylic acids is 1. The molecule has 172 valence electrons. The Morgan fingerprint density at radius 3 is 1.28 bits per heavy atom. The van der Waals surface area contributed by atoms with Crippen molar-refractivity contribution < 1.29 is 14.7 Å². The number of hydrogen-bond acceptors (Lipinski definition) is 2. The molecule has 0 aliphatic heterocycles. The highest BCUT2D eigenvalue weighted by Gasteiger charge is 2.24. The fourth-order valence-electron chi connectivity index (χ4n) is 4.04. The molecule has 0 fully saturated rings.